The van der Waals surface area contributed by atoms with Crippen LogP contribution in [0.25, 0.3) is 0 Å². The summed E-state index contributed by atoms with van der Waals surface area (Å²) in [6, 6.07) is 3.05. The van der Waals surface area contributed by atoms with Gasteiger partial charge >= 0.3 is 0 Å². The molecular weight excluding hydrogens is 148 g/mol. The van der Waals surface area contributed by atoms with E-state index in [9.17, 15) is 0 Å². The highest BCUT2D eigenvalue weighted by Gasteiger charge is 2.19. The van der Waals surface area contributed by atoms with Crippen LogP contribution in [0.15, 0.2) is 9.98 Å². The standard InChI is InChI=1S/C10H20N2/c1-8(2)10(5,6)12-7-11-9(3)4/h8-9H,1-6H3. The normalized spacial score (nSPS) is 11.7. The lowest BCUT2D eigenvalue weighted by molar-refractivity contribution is 0.378. The predicted molar refractivity (Wildman–Crippen MR) is 53.9 cm³/mol. The zero-order valence-electron chi connectivity index (χ0n) is 9.05. The minimum atomic E-state index is -0.0433. The Labute approximate surface area is 75.8 Å². The van der Waals surface area contributed by atoms with E-state index in [1.807, 2.05) is 13.8 Å². The topological polar surface area (TPSA) is 24.7 Å². The van der Waals surface area contributed by atoms with Gasteiger partial charge in [-0.25, -0.2) is 9.98 Å². The summed E-state index contributed by atoms with van der Waals surface area (Å²) in [7, 11) is 0. The van der Waals surface area contributed by atoms with Crippen molar-refractivity contribution in [3.63, 3.8) is 0 Å². The van der Waals surface area contributed by atoms with Crippen molar-refractivity contribution in [1.29, 1.82) is 0 Å². The SMILES string of the molecule is CC(C)N=C=NC(C)(C)C(C)C. The first kappa shape index (κ1) is 11.4. The summed E-state index contributed by atoms with van der Waals surface area (Å²) in [6.45, 7) is 12.5. The maximum atomic E-state index is 4.28. The molecule has 0 atom stereocenters. The van der Waals surface area contributed by atoms with Gasteiger partial charge in [-0.1, -0.05) is 13.8 Å². The molecule has 0 amide bonds. The molecule has 0 bridgehead atoms. The van der Waals surface area contributed by atoms with Crippen molar-refractivity contribution in [2.75, 3.05) is 0 Å². The van der Waals surface area contributed by atoms with E-state index in [0.717, 1.165) is 0 Å². The van der Waals surface area contributed by atoms with E-state index >= 15 is 0 Å². The first-order chi connectivity index (χ1) is 5.36. The van der Waals surface area contributed by atoms with Gasteiger partial charge in [-0.05, 0) is 33.6 Å². The van der Waals surface area contributed by atoms with Crippen LogP contribution in [0.1, 0.15) is 41.5 Å². The van der Waals surface area contributed by atoms with Crippen LogP contribution in [0, 0.1) is 5.92 Å². The average Bonchev–Trinajstić information content (AvgIpc) is 1.85. The molecule has 0 unspecified atom stereocenters. The summed E-state index contributed by atoms with van der Waals surface area (Å²) in [5.41, 5.74) is -0.0433. The zero-order valence-corrected chi connectivity index (χ0v) is 9.05. The predicted octanol–water partition coefficient (Wildman–Crippen LogP) is 3.00. The molecule has 0 heterocycles. The highest BCUT2D eigenvalue weighted by Crippen LogP contribution is 2.19. The van der Waals surface area contributed by atoms with Crippen molar-refractivity contribution < 1.29 is 0 Å². The molecule has 0 radical (unpaired) electrons. The number of nitrogens with zero attached hydrogens (tertiary/aromatic N) is 2. The Balaban J connectivity index is 4.33. The number of rotatable bonds is 3. The minimum absolute atomic E-state index is 0.0433. The van der Waals surface area contributed by atoms with Gasteiger partial charge in [0.1, 0.15) is 0 Å². The van der Waals surface area contributed by atoms with E-state index in [0.29, 0.717) is 5.92 Å². The molecule has 2 nitrogen and oxygen atoms in total. The van der Waals surface area contributed by atoms with Crippen molar-refractivity contribution >= 4 is 6.01 Å². The number of hydrogen-bond donors (Lipinski definition) is 0. The van der Waals surface area contributed by atoms with Crippen LogP contribution < -0.4 is 0 Å². The number of hydrogen-bond acceptors (Lipinski definition) is 2. The average molecular weight is 168 g/mol. The van der Waals surface area contributed by atoms with E-state index in [1.54, 1.807) is 0 Å². The summed E-state index contributed by atoms with van der Waals surface area (Å²) >= 11 is 0. The third kappa shape index (κ3) is 4.30. The third-order valence-corrected chi connectivity index (χ3v) is 2.07. The molecule has 0 fully saturated rings. The van der Waals surface area contributed by atoms with Crippen molar-refractivity contribution in [3.05, 3.63) is 0 Å². The molecule has 0 rings (SSSR count). The Morgan fingerprint density at radius 3 is 1.92 bits per heavy atom. The van der Waals surface area contributed by atoms with Gasteiger partial charge in [0.05, 0.1) is 17.6 Å². The quantitative estimate of drug-likeness (QED) is 0.579. The summed E-state index contributed by atoms with van der Waals surface area (Å²) in [5.74, 6) is 0.521. The lowest BCUT2D eigenvalue weighted by atomic mass is 9.92. The first-order valence-corrected chi connectivity index (χ1v) is 4.53. The van der Waals surface area contributed by atoms with Gasteiger partial charge in [0.25, 0.3) is 0 Å². The van der Waals surface area contributed by atoms with Gasteiger partial charge in [0.15, 0.2) is 0 Å². The molecular formula is C10H20N2. The monoisotopic (exact) mass is 168 g/mol. The van der Waals surface area contributed by atoms with Crippen LogP contribution in [-0.2, 0) is 0 Å². The Bertz CT molecular complexity index is 184. The highest BCUT2D eigenvalue weighted by atomic mass is 14.9. The molecule has 0 aliphatic rings. The van der Waals surface area contributed by atoms with Crippen LogP contribution in [0.4, 0.5) is 0 Å². The van der Waals surface area contributed by atoms with Crippen molar-refractivity contribution in [1.82, 2.24) is 0 Å². The zero-order chi connectivity index (χ0) is 9.78. The first-order valence-electron chi connectivity index (χ1n) is 4.53. The summed E-state index contributed by atoms with van der Waals surface area (Å²) in [5, 5.41) is 0. The lowest BCUT2D eigenvalue weighted by Gasteiger charge is -2.21. The Morgan fingerprint density at radius 1 is 1.08 bits per heavy atom. The van der Waals surface area contributed by atoms with Crippen molar-refractivity contribution in [2.24, 2.45) is 15.9 Å². The van der Waals surface area contributed by atoms with Gasteiger partial charge in [0.2, 0.25) is 0 Å². The van der Waals surface area contributed by atoms with Gasteiger partial charge in [-0.15, -0.1) is 0 Å². The fourth-order valence-corrected chi connectivity index (χ4v) is 0.402. The van der Waals surface area contributed by atoms with E-state index < -0.39 is 0 Å². The van der Waals surface area contributed by atoms with Crippen LogP contribution in [0.3, 0.4) is 0 Å². The second kappa shape index (κ2) is 4.42. The maximum Gasteiger partial charge on any atom is 0.0900 e. The van der Waals surface area contributed by atoms with Crippen LogP contribution in [-0.4, -0.2) is 17.6 Å². The van der Waals surface area contributed by atoms with Gasteiger partial charge in [-0.2, -0.15) is 0 Å². The lowest BCUT2D eigenvalue weighted by Crippen LogP contribution is -2.23. The molecule has 12 heavy (non-hydrogen) atoms. The second-order valence-corrected chi connectivity index (χ2v) is 4.24. The van der Waals surface area contributed by atoms with Gasteiger partial charge in [0, 0.05) is 0 Å². The van der Waals surface area contributed by atoms with Crippen molar-refractivity contribution in [3.8, 4) is 0 Å². The molecule has 70 valence electrons. The maximum absolute atomic E-state index is 4.28. The molecule has 2 heteroatoms. The fourth-order valence-electron chi connectivity index (χ4n) is 0.402. The molecule has 0 saturated heterocycles. The number of aliphatic imine (C=N–C) groups is 2. The summed E-state index contributed by atoms with van der Waals surface area (Å²) in [6.07, 6.45) is 0. The fraction of sp³-hybridized carbons (Fsp3) is 0.900. The largest absolute Gasteiger partial charge is 0.223 e. The van der Waals surface area contributed by atoms with E-state index in [2.05, 4.69) is 43.7 Å². The van der Waals surface area contributed by atoms with E-state index in [4.69, 9.17) is 0 Å². The van der Waals surface area contributed by atoms with Gasteiger partial charge in [-0.3, -0.25) is 0 Å². The third-order valence-electron chi connectivity index (χ3n) is 2.07. The molecule has 0 aromatic heterocycles. The molecule has 0 aromatic rings. The van der Waals surface area contributed by atoms with E-state index in [1.165, 1.54) is 0 Å². The molecule has 0 saturated carbocycles. The summed E-state index contributed by atoms with van der Waals surface area (Å²) < 4.78 is 0. The summed E-state index contributed by atoms with van der Waals surface area (Å²) in [4.78, 5) is 8.35. The van der Waals surface area contributed by atoms with E-state index in [-0.39, 0.29) is 11.6 Å². The Kier molecular flexibility index (Phi) is 4.19. The second-order valence-electron chi connectivity index (χ2n) is 4.24. The smallest absolute Gasteiger partial charge is 0.0900 e. The van der Waals surface area contributed by atoms with Crippen molar-refractivity contribution in [2.45, 2.75) is 53.1 Å². The Hall–Kier alpha value is -0.620. The molecule has 0 N–H and O–H groups in total. The molecule has 0 aliphatic heterocycles. The Morgan fingerprint density at radius 2 is 1.58 bits per heavy atom. The highest BCUT2D eigenvalue weighted by molar-refractivity contribution is 5.42. The molecule has 0 aliphatic carbocycles. The van der Waals surface area contributed by atoms with Gasteiger partial charge < -0.3 is 0 Å². The van der Waals surface area contributed by atoms with Crippen LogP contribution in [0.2, 0.25) is 0 Å². The van der Waals surface area contributed by atoms with Crippen LogP contribution in [0.5, 0.6) is 0 Å². The minimum Gasteiger partial charge on any atom is -0.223 e. The van der Waals surface area contributed by atoms with Crippen LogP contribution >= 0.6 is 0 Å². The molecule has 0 spiro atoms. The molecule has 0 aromatic carbocycles.